The quantitative estimate of drug-likeness (QED) is 0.644. The second-order valence-electron chi connectivity index (χ2n) is 6.02. The van der Waals surface area contributed by atoms with Crippen LogP contribution in [0.1, 0.15) is 18.9 Å². The third kappa shape index (κ3) is 6.38. The molecule has 7 nitrogen and oxygen atoms in total. The van der Waals surface area contributed by atoms with Gasteiger partial charge in [-0.25, -0.2) is 8.42 Å². The van der Waals surface area contributed by atoms with Crippen molar-refractivity contribution in [2.45, 2.75) is 25.2 Å². The number of sulfone groups is 1. The number of carbonyl (C=O) groups is 2. The Morgan fingerprint density at radius 1 is 1.04 bits per heavy atom. The minimum Gasteiger partial charge on any atom is -0.492 e. The lowest BCUT2D eigenvalue weighted by molar-refractivity contribution is -0.146. The Bertz CT molecular complexity index is 922. The van der Waals surface area contributed by atoms with E-state index in [1.54, 1.807) is 36.4 Å². The molecule has 0 saturated heterocycles. The molecular weight excluding hydrogens is 382 g/mol. The van der Waals surface area contributed by atoms with Gasteiger partial charge in [0.15, 0.2) is 16.4 Å². The first kappa shape index (κ1) is 21.4. The van der Waals surface area contributed by atoms with Crippen LogP contribution in [0.4, 0.5) is 5.69 Å². The molecule has 0 aliphatic rings. The number of hydrogen-bond acceptors (Lipinski definition) is 6. The fourth-order valence-electron chi connectivity index (χ4n) is 2.34. The van der Waals surface area contributed by atoms with Gasteiger partial charge >= 0.3 is 5.97 Å². The van der Waals surface area contributed by atoms with Crippen LogP contribution >= 0.6 is 0 Å². The van der Waals surface area contributed by atoms with Crippen molar-refractivity contribution in [2.24, 2.45) is 0 Å². The highest BCUT2D eigenvalue weighted by atomic mass is 32.2. The fraction of sp³-hybridized carbons (Fsp3) is 0.300. The summed E-state index contributed by atoms with van der Waals surface area (Å²) in [4.78, 5) is 23.9. The molecular formula is C20H23NO6S. The van der Waals surface area contributed by atoms with Crippen molar-refractivity contribution in [1.29, 1.82) is 0 Å². The van der Waals surface area contributed by atoms with E-state index in [9.17, 15) is 18.0 Å². The maximum Gasteiger partial charge on any atom is 0.307 e. The van der Waals surface area contributed by atoms with Crippen molar-refractivity contribution >= 4 is 27.4 Å². The molecule has 0 saturated carbocycles. The summed E-state index contributed by atoms with van der Waals surface area (Å²) in [5.74, 6) is -1.18. The predicted octanol–water partition coefficient (Wildman–Crippen LogP) is 2.74. The minimum atomic E-state index is -3.59. The Kier molecular flexibility index (Phi) is 7.57. The summed E-state index contributed by atoms with van der Waals surface area (Å²) < 4.78 is 34.7. The van der Waals surface area contributed by atoms with Gasteiger partial charge in [-0.15, -0.1) is 0 Å². The lowest BCUT2D eigenvalue weighted by Gasteiger charge is -2.11. The van der Waals surface area contributed by atoms with Crippen LogP contribution in [0.25, 0.3) is 0 Å². The number of rotatable bonds is 9. The number of benzene rings is 2. The minimum absolute atomic E-state index is 0.149. The molecule has 1 N–H and O–H groups in total. The molecule has 8 heteroatoms. The van der Waals surface area contributed by atoms with E-state index in [-0.39, 0.29) is 17.1 Å². The van der Waals surface area contributed by atoms with Crippen LogP contribution in [0.3, 0.4) is 0 Å². The maximum absolute atomic E-state index is 12.2. The Hall–Kier alpha value is -2.87. The monoisotopic (exact) mass is 405 g/mol. The molecule has 0 unspecified atom stereocenters. The van der Waals surface area contributed by atoms with Crippen molar-refractivity contribution < 1.29 is 27.5 Å². The summed E-state index contributed by atoms with van der Waals surface area (Å²) >= 11 is 0. The van der Waals surface area contributed by atoms with Crippen molar-refractivity contribution in [3.63, 3.8) is 0 Å². The van der Waals surface area contributed by atoms with E-state index in [0.29, 0.717) is 18.0 Å². The molecule has 0 aromatic heterocycles. The molecule has 1 amide bonds. The van der Waals surface area contributed by atoms with E-state index in [1.165, 1.54) is 12.1 Å². The van der Waals surface area contributed by atoms with Crippen LogP contribution in [0.5, 0.6) is 5.75 Å². The zero-order valence-electron chi connectivity index (χ0n) is 15.8. The summed E-state index contributed by atoms with van der Waals surface area (Å²) in [6.07, 6.45) is -0.334. The van der Waals surface area contributed by atoms with Crippen molar-refractivity contribution in [2.75, 3.05) is 24.3 Å². The van der Waals surface area contributed by atoms with E-state index in [1.807, 2.05) is 13.8 Å². The number of aryl methyl sites for hydroxylation is 1. The normalized spacial score (nSPS) is 10.9. The van der Waals surface area contributed by atoms with Gasteiger partial charge in [-0.1, -0.05) is 29.8 Å². The molecule has 0 bridgehead atoms. The lowest BCUT2D eigenvalue weighted by Crippen LogP contribution is -2.22. The molecule has 2 aromatic carbocycles. The second-order valence-corrected chi connectivity index (χ2v) is 8.13. The molecule has 0 atom stereocenters. The number of hydrogen-bond donors (Lipinski definition) is 1. The average molecular weight is 405 g/mol. The van der Waals surface area contributed by atoms with Crippen LogP contribution in [0, 0.1) is 6.92 Å². The third-order valence-electron chi connectivity index (χ3n) is 3.78. The molecule has 0 aliphatic carbocycles. The third-order valence-corrected chi connectivity index (χ3v) is 5.51. The molecule has 2 rings (SSSR count). The molecule has 28 heavy (non-hydrogen) atoms. The summed E-state index contributed by atoms with van der Waals surface area (Å²) in [6.45, 7) is 3.61. The van der Waals surface area contributed by atoms with Crippen LogP contribution in [-0.4, -0.2) is 39.3 Å². The number of nitrogens with one attached hydrogen (secondary N) is 1. The Morgan fingerprint density at radius 3 is 2.39 bits per heavy atom. The zero-order valence-corrected chi connectivity index (χ0v) is 16.6. The van der Waals surface area contributed by atoms with E-state index in [2.05, 4.69) is 5.32 Å². The number of para-hydroxylation sites is 2. The smallest absolute Gasteiger partial charge is 0.307 e. The largest absolute Gasteiger partial charge is 0.492 e. The number of anilines is 1. The van der Waals surface area contributed by atoms with Gasteiger partial charge in [0.2, 0.25) is 0 Å². The van der Waals surface area contributed by atoms with Crippen LogP contribution in [-0.2, 0) is 24.2 Å². The summed E-state index contributed by atoms with van der Waals surface area (Å²) in [5.41, 5.74) is 1.41. The SMILES string of the molecule is CCOc1ccccc1NC(=O)COC(=O)CCS(=O)(=O)c1ccc(C)cc1. The molecule has 0 heterocycles. The summed E-state index contributed by atoms with van der Waals surface area (Å²) in [5, 5.41) is 2.59. The van der Waals surface area contributed by atoms with Gasteiger partial charge < -0.3 is 14.8 Å². The van der Waals surface area contributed by atoms with Gasteiger partial charge in [-0.3, -0.25) is 9.59 Å². The highest BCUT2D eigenvalue weighted by molar-refractivity contribution is 7.91. The number of amides is 1. The maximum atomic E-state index is 12.2. The van der Waals surface area contributed by atoms with E-state index < -0.39 is 28.3 Å². The van der Waals surface area contributed by atoms with Crippen molar-refractivity contribution in [1.82, 2.24) is 0 Å². The number of esters is 1. The average Bonchev–Trinajstić information content (AvgIpc) is 2.67. The lowest BCUT2D eigenvalue weighted by atomic mass is 10.2. The number of ether oxygens (including phenoxy) is 2. The predicted molar refractivity (Wildman–Crippen MR) is 105 cm³/mol. The Balaban J connectivity index is 1.82. The van der Waals surface area contributed by atoms with E-state index in [0.717, 1.165) is 5.56 Å². The molecule has 0 radical (unpaired) electrons. The Morgan fingerprint density at radius 2 is 1.71 bits per heavy atom. The highest BCUT2D eigenvalue weighted by Crippen LogP contribution is 2.23. The first-order valence-corrected chi connectivity index (χ1v) is 10.4. The fourth-order valence-corrected chi connectivity index (χ4v) is 3.56. The first-order chi connectivity index (χ1) is 13.3. The van der Waals surface area contributed by atoms with Gasteiger partial charge in [-0.2, -0.15) is 0 Å². The molecule has 2 aromatic rings. The summed E-state index contributed by atoms with van der Waals surface area (Å²) in [6, 6.07) is 13.3. The van der Waals surface area contributed by atoms with Crippen LogP contribution in [0.2, 0.25) is 0 Å². The highest BCUT2D eigenvalue weighted by Gasteiger charge is 2.18. The topological polar surface area (TPSA) is 98.8 Å². The second kappa shape index (κ2) is 9.89. The first-order valence-electron chi connectivity index (χ1n) is 8.78. The number of carbonyl (C=O) groups excluding carboxylic acids is 2. The van der Waals surface area contributed by atoms with Crippen molar-refractivity contribution in [3.05, 3.63) is 54.1 Å². The Labute approximate surface area is 164 Å². The van der Waals surface area contributed by atoms with Gasteiger partial charge in [0.05, 0.1) is 29.4 Å². The summed E-state index contributed by atoms with van der Waals surface area (Å²) in [7, 11) is -3.59. The molecule has 0 aliphatic heterocycles. The zero-order chi connectivity index (χ0) is 20.6. The standard InChI is InChI=1S/C20H23NO6S/c1-3-26-18-7-5-4-6-17(18)21-19(22)14-27-20(23)12-13-28(24,25)16-10-8-15(2)9-11-16/h4-11H,3,12-14H2,1-2H3,(H,21,22). The van der Waals surface area contributed by atoms with Gasteiger partial charge in [0, 0.05) is 0 Å². The van der Waals surface area contributed by atoms with Crippen LogP contribution in [0.15, 0.2) is 53.4 Å². The van der Waals surface area contributed by atoms with Gasteiger partial charge in [0.1, 0.15) is 5.75 Å². The van der Waals surface area contributed by atoms with Crippen molar-refractivity contribution in [3.8, 4) is 5.75 Å². The molecule has 0 spiro atoms. The van der Waals surface area contributed by atoms with Gasteiger partial charge in [0.25, 0.3) is 5.91 Å². The van der Waals surface area contributed by atoms with E-state index in [4.69, 9.17) is 9.47 Å². The molecule has 150 valence electrons. The van der Waals surface area contributed by atoms with E-state index >= 15 is 0 Å². The van der Waals surface area contributed by atoms with Crippen LogP contribution < -0.4 is 10.1 Å². The van der Waals surface area contributed by atoms with Gasteiger partial charge in [-0.05, 0) is 38.1 Å². The molecule has 0 fully saturated rings.